The minimum Gasteiger partial charge on any atom is -0.282 e. The highest BCUT2D eigenvalue weighted by molar-refractivity contribution is 7.87. The first-order valence-corrected chi connectivity index (χ1v) is 5.29. The number of nitrogens with one attached hydrogen (secondary N) is 2. The SMILES string of the molecule is NS(=O)(=O)NCCn1[c]n[nH]c(=O)c1=O. The van der Waals surface area contributed by atoms with E-state index in [0.717, 1.165) is 4.57 Å². The Morgan fingerprint density at radius 1 is 1.53 bits per heavy atom. The Labute approximate surface area is 84.1 Å². The van der Waals surface area contributed by atoms with Crippen LogP contribution in [0.15, 0.2) is 9.59 Å². The van der Waals surface area contributed by atoms with Crippen LogP contribution >= 0.6 is 0 Å². The third-order valence-electron chi connectivity index (χ3n) is 1.41. The van der Waals surface area contributed by atoms with Crippen molar-refractivity contribution in [3.05, 3.63) is 27.0 Å². The molecule has 1 radical (unpaired) electrons. The van der Waals surface area contributed by atoms with Gasteiger partial charge in [-0.1, -0.05) is 0 Å². The van der Waals surface area contributed by atoms with Crippen molar-refractivity contribution in [2.75, 3.05) is 6.54 Å². The van der Waals surface area contributed by atoms with Gasteiger partial charge in [0.25, 0.3) is 10.2 Å². The summed E-state index contributed by atoms with van der Waals surface area (Å²) in [7, 11) is -3.80. The lowest BCUT2D eigenvalue weighted by Crippen LogP contribution is -2.40. The highest BCUT2D eigenvalue weighted by atomic mass is 32.2. The van der Waals surface area contributed by atoms with Crippen LogP contribution in [0.4, 0.5) is 0 Å². The summed E-state index contributed by atoms with van der Waals surface area (Å²) in [5.74, 6) is 0. The van der Waals surface area contributed by atoms with E-state index >= 15 is 0 Å². The minimum atomic E-state index is -3.80. The number of hydrogen-bond donors (Lipinski definition) is 3. The van der Waals surface area contributed by atoms with Crippen molar-refractivity contribution in [1.29, 1.82) is 0 Å². The van der Waals surface area contributed by atoms with Gasteiger partial charge >= 0.3 is 11.1 Å². The molecule has 1 rings (SSSR count). The van der Waals surface area contributed by atoms with Crippen LogP contribution in [-0.4, -0.2) is 29.7 Å². The molecule has 1 aromatic heterocycles. The second-order valence-electron chi connectivity index (χ2n) is 2.55. The minimum absolute atomic E-state index is 0.0772. The van der Waals surface area contributed by atoms with Crippen molar-refractivity contribution in [2.45, 2.75) is 6.54 Å². The Bertz CT molecular complexity index is 543. The van der Waals surface area contributed by atoms with Gasteiger partial charge in [-0.25, -0.2) is 15.0 Å². The van der Waals surface area contributed by atoms with E-state index in [1.165, 1.54) is 0 Å². The van der Waals surface area contributed by atoms with Crippen LogP contribution < -0.4 is 21.0 Å². The smallest absolute Gasteiger partial charge is 0.282 e. The van der Waals surface area contributed by atoms with Crippen LogP contribution in [0.5, 0.6) is 0 Å². The molecule has 0 saturated heterocycles. The van der Waals surface area contributed by atoms with Crippen molar-refractivity contribution in [1.82, 2.24) is 19.5 Å². The molecule has 0 atom stereocenters. The van der Waals surface area contributed by atoms with Crippen molar-refractivity contribution in [3.8, 4) is 0 Å². The maximum Gasteiger partial charge on any atom is 0.330 e. The van der Waals surface area contributed by atoms with E-state index in [2.05, 4.69) is 16.6 Å². The Morgan fingerprint density at radius 2 is 2.20 bits per heavy atom. The second-order valence-corrected chi connectivity index (χ2v) is 3.93. The molecule has 83 valence electrons. The fourth-order valence-electron chi connectivity index (χ4n) is 0.803. The van der Waals surface area contributed by atoms with E-state index in [0.29, 0.717) is 0 Å². The molecule has 0 amide bonds. The average Bonchev–Trinajstić information content (AvgIpc) is 2.10. The molecular weight excluding hydrogens is 226 g/mol. The average molecular weight is 234 g/mol. The fraction of sp³-hybridized carbons (Fsp3) is 0.400. The molecule has 0 aliphatic heterocycles. The number of aromatic amines is 1. The van der Waals surface area contributed by atoms with Crippen LogP contribution in [-0.2, 0) is 16.8 Å². The molecule has 0 aliphatic carbocycles. The monoisotopic (exact) mass is 234 g/mol. The summed E-state index contributed by atoms with van der Waals surface area (Å²) < 4.78 is 23.7. The zero-order chi connectivity index (χ0) is 11.5. The summed E-state index contributed by atoms with van der Waals surface area (Å²) >= 11 is 0. The Kier molecular flexibility index (Phi) is 3.34. The lowest BCUT2D eigenvalue weighted by Gasteiger charge is -2.02. The summed E-state index contributed by atoms with van der Waals surface area (Å²) in [5, 5.41) is 9.79. The number of aromatic nitrogens is 3. The summed E-state index contributed by atoms with van der Waals surface area (Å²) in [4.78, 5) is 21.8. The predicted octanol–water partition coefficient (Wildman–Crippen LogP) is -3.48. The second kappa shape index (κ2) is 4.33. The molecule has 15 heavy (non-hydrogen) atoms. The highest BCUT2D eigenvalue weighted by Crippen LogP contribution is 1.73. The van der Waals surface area contributed by atoms with Crippen LogP contribution in [0.25, 0.3) is 0 Å². The van der Waals surface area contributed by atoms with E-state index in [4.69, 9.17) is 0 Å². The van der Waals surface area contributed by atoms with E-state index in [-0.39, 0.29) is 13.1 Å². The van der Waals surface area contributed by atoms with E-state index < -0.39 is 21.3 Å². The molecule has 0 saturated carbocycles. The molecule has 0 bridgehead atoms. The van der Waals surface area contributed by atoms with Crippen LogP contribution in [0.3, 0.4) is 0 Å². The number of nitrogens with two attached hydrogens (primary N) is 1. The van der Waals surface area contributed by atoms with Gasteiger partial charge in [0.15, 0.2) is 0 Å². The van der Waals surface area contributed by atoms with Crippen LogP contribution in [0, 0.1) is 6.33 Å². The molecule has 10 heteroatoms. The lowest BCUT2D eigenvalue weighted by molar-refractivity contribution is 0.565. The summed E-state index contributed by atoms with van der Waals surface area (Å²) in [6.07, 6.45) is 2.19. The zero-order valence-corrected chi connectivity index (χ0v) is 8.24. The van der Waals surface area contributed by atoms with Gasteiger partial charge in [-0.3, -0.25) is 14.2 Å². The van der Waals surface area contributed by atoms with E-state index in [1.807, 2.05) is 9.82 Å². The van der Waals surface area contributed by atoms with Gasteiger partial charge in [0.05, 0.1) is 0 Å². The maximum absolute atomic E-state index is 11.1. The standard InChI is InChI=1S/C5H8N5O4S/c6-15(13,14)8-1-2-10-3-7-9-4(11)5(10)12/h8H,1-2H2,(H,9,11)(H2,6,13,14). The Balaban J connectivity index is 2.71. The van der Waals surface area contributed by atoms with Crippen molar-refractivity contribution >= 4 is 10.2 Å². The zero-order valence-electron chi connectivity index (χ0n) is 7.43. The summed E-state index contributed by atoms with van der Waals surface area (Å²) in [6, 6.07) is 0. The first-order chi connectivity index (χ1) is 6.90. The lowest BCUT2D eigenvalue weighted by atomic mass is 10.6. The molecule has 4 N–H and O–H groups in total. The van der Waals surface area contributed by atoms with Gasteiger partial charge in [0, 0.05) is 13.1 Å². The van der Waals surface area contributed by atoms with Gasteiger partial charge in [0.2, 0.25) is 6.33 Å². The third kappa shape index (κ3) is 3.61. The topological polar surface area (TPSA) is 140 Å². The third-order valence-corrected chi connectivity index (χ3v) is 2.01. The summed E-state index contributed by atoms with van der Waals surface area (Å²) in [5.41, 5.74) is -1.76. The molecule has 0 spiro atoms. The molecule has 1 aromatic rings. The van der Waals surface area contributed by atoms with Crippen LogP contribution in [0.1, 0.15) is 0 Å². The molecule has 1 heterocycles. The fourth-order valence-corrected chi connectivity index (χ4v) is 1.18. The molecule has 0 fully saturated rings. The van der Waals surface area contributed by atoms with Gasteiger partial charge < -0.3 is 0 Å². The maximum atomic E-state index is 11.1. The van der Waals surface area contributed by atoms with E-state index in [9.17, 15) is 18.0 Å². The van der Waals surface area contributed by atoms with Crippen molar-refractivity contribution in [3.63, 3.8) is 0 Å². The Hall–Kier alpha value is -1.52. The normalized spacial score (nSPS) is 11.5. The quantitative estimate of drug-likeness (QED) is 0.464. The van der Waals surface area contributed by atoms with Crippen molar-refractivity contribution < 1.29 is 8.42 Å². The number of nitrogens with zero attached hydrogens (tertiary/aromatic N) is 2. The molecule has 0 aromatic carbocycles. The first-order valence-electron chi connectivity index (χ1n) is 3.75. The van der Waals surface area contributed by atoms with Crippen LogP contribution in [0.2, 0.25) is 0 Å². The highest BCUT2D eigenvalue weighted by Gasteiger charge is 2.03. The molecule has 0 aliphatic rings. The molecule has 9 nitrogen and oxygen atoms in total. The number of rotatable bonds is 4. The number of H-pyrrole nitrogens is 1. The number of hydrogen-bond acceptors (Lipinski definition) is 5. The van der Waals surface area contributed by atoms with Gasteiger partial charge in [-0.15, -0.1) is 0 Å². The summed E-state index contributed by atoms with van der Waals surface area (Å²) in [6.45, 7) is -0.202. The van der Waals surface area contributed by atoms with E-state index in [1.54, 1.807) is 0 Å². The predicted molar refractivity (Wildman–Crippen MR) is 49.1 cm³/mol. The molecule has 0 unspecified atom stereocenters. The van der Waals surface area contributed by atoms with Crippen molar-refractivity contribution in [2.24, 2.45) is 5.14 Å². The van der Waals surface area contributed by atoms with Gasteiger partial charge in [-0.2, -0.15) is 13.5 Å². The Morgan fingerprint density at radius 3 is 2.80 bits per heavy atom. The molecular formula is C5H8N5O4S. The largest absolute Gasteiger partial charge is 0.330 e. The van der Waals surface area contributed by atoms with Gasteiger partial charge in [-0.05, 0) is 0 Å². The first kappa shape index (κ1) is 11.6. The van der Waals surface area contributed by atoms with Gasteiger partial charge in [0.1, 0.15) is 0 Å².